The molecule has 0 bridgehead atoms. The highest BCUT2D eigenvalue weighted by Crippen LogP contribution is 2.19. The largest absolute Gasteiger partial charge is 0.453 e. The van der Waals surface area contributed by atoms with E-state index in [1.807, 2.05) is 18.2 Å². The van der Waals surface area contributed by atoms with Gasteiger partial charge in [-0.2, -0.15) is 0 Å². The molecular formula is C13H16O3. The van der Waals surface area contributed by atoms with Crippen LogP contribution >= 0.6 is 0 Å². The first-order valence-corrected chi connectivity index (χ1v) is 5.03. The summed E-state index contributed by atoms with van der Waals surface area (Å²) in [4.78, 5) is 11.3. The predicted molar refractivity (Wildman–Crippen MR) is 62.1 cm³/mol. The van der Waals surface area contributed by atoms with Gasteiger partial charge in [0.1, 0.15) is 5.75 Å². The molecule has 0 fully saturated rings. The van der Waals surface area contributed by atoms with Gasteiger partial charge in [0.2, 0.25) is 5.79 Å². The summed E-state index contributed by atoms with van der Waals surface area (Å²) in [5, 5.41) is 0. The number of esters is 1. The molecule has 0 saturated heterocycles. The van der Waals surface area contributed by atoms with Crippen LogP contribution in [0.15, 0.2) is 42.5 Å². The molecular weight excluding hydrogens is 204 g/mol. The highest BCUT2D eigenvalue weighted by Gasteiger charge is 2.24. The van der Waals surface area contributed by atoms with Gasteiger partial charge in [0.25, 0.3) is 0 Å². The number of rotatable bonds is 4. The third-order valence-corrected chi connectivity index (χ3v) is 1.79. The maximum absolute atomic E-state index is 11.3. The summed E-state index contributed by atoms with van der Waals surface area (Å²) in [5.41, 5.74) is 0.352. The quantitative estimate of drug-likeness (QED) is 0.444. The van der Waals surface area contributed by atoms with Gasteiger partial charge >= 0.3 is 5.97 Å². The lowest BCUT2D eigenvalue weighted by atomic mass is 10.3. The summed E-state index contributed by atoms with van der Waals surface area (Å²) in [5.74, 6) is -0.805. The van der Waals surface area contributed by atoms with Crippen LogP contribution in [0.3, 0.4) is 0 Å². The average Bonchev–Trinajstić information content (AvgIpc) is 2.17. The van der Waals surface area contributed by atoms with E-state index in [1.165, 1.54) is 0 Å². The second-order valence-corrected chi connectivity index (χ2v) is 3.98. The third-order valence-electron chi connectivity index (χ3n) is 1.79. The Morgan fingerprint density at radius 3 is 2.31 bits per heavy atom. The molecule has 0 saturated carbocycles. The zero-order valence-electron chi connectivity index (χ0n) is 9.82. The summed E-state index contributed by atoms with van der Waals surface area (Å²) in [6, 6.07) is 9.20. The zero-order valence-corrected chi connectivity index (χ0v) is 9.82. The van der Waals surface area contributed by atoms with Gasteiger partial charge in [0.05, 0.1) is 0 Å². The maximum Gasteiger partial charge on any atom is 0.336 e. The van der Waals surface area contributed by atoms with Crippen LogP contribution in [0.25, 0.3) is 0 Å². The maximum atomic E-state index is 11.3. The van der Waals surface area contributed by atoms with Crippen LogP contribution in [-0.2, 0) is 9.53 Å². The highest BCUT2D eigenvalue weighted by molar-refractivity contribution is 5.87. The van der Waals surface area contributed by atoms with Gasteiger partial charge in [-0.15, -0.1) is 0 Å². The van der Waals surface area contributed by atoms with Gasteiger partial charge in [-0.25, -0.2) is 4.79 Å². The highest BCUT2D eigenvalue weighted by atomic mass is 16.7. The van der Waals surface area contributed by atoms with Crippen molar-refractivity contribution in [2.75, 3.05) is 0 Å². The van der Waals surface area contributed by atoms with Crippen molar-refractivity contribution in [2.45, 2.75) is 26.6 Å². The lowest BCUT2D eigenvalue weighted by Gasteiger charge is -2.26. The first kappa shape index (κ1) is 12.3. The second-order valence-electron chi connectivity index (χ2n) is 3.98. The number of ether oxygens (including phenoxy) is 2. The Morgan fingerprint density at radius 1 is 1.25 bits per heavy atom. The first-order valence-electron chi connectivity index (χ1n) is 5.03. The molecule has 1 rings (SSSR count). The monoisotopic (exact) mass is 220 g/mol. The molecule has 16 heavy (non-hydrogen) atoms. The van der Waals surface area contributed by atoms with E-state index >= 15 is 0 Å². The van der Waals surface area contributed by atoms with Gasteiger partial charge in [0.15, 0.2) is 0 Å². The Morgan fingerprint density at radius 2 is 1.81 bits per heavy atom. The van der Waals surface area contributed by atoms with E-state index < -0.39 is 11.8 Å². The molecule has 0 aliphatic heterocycles. The lowest BCUT2D eigenvalue weighted by molar-refractivity contribution is -0.181. The minimum absolute atomic E-state index is 0.352. The molecule has 0 heterocycles. The van der Waals surface area contributed by atoms with Gasteiger partial charge in [-0.3, -0.25) is 0 Å². The molecule has 0 amide bonds. The Kier molecular flexibility index (Phi) is 3.72. The number of carbonyl (C=O) groups excluding carboxylic acids is 1. The van der Waals surface area contributed by atoms with Crippen LogP contribution < -0.4 is 4.74 Å². The molecule has 3 nitrogen and oxygen atoms in total. The van der Waals surface area contributed by atoms with Gasteiger partial charge in [0, 0.05) is 19.4 Å². The van der Waals surface area contributed by atoms with Crippen LogP contribution in [0.1, 0.15) is 20.8 Å². The lowest BCUT2D eigenvalue weighted by Crippen LogP contribution is -2.34. The zero-order chi connectivity index (χ0) is 12.2. The molecule has 3 heteroatoms. The van der Waals surface area contributed by atoms with Crippen LogP contribution in [-0.4, -0.2) is 11.8 Å². The summed E-state index contributed by atoms with van der Waals surface area (Å²) in [7, 11) is 0. The number of benzene rings is 1. The second kappa shape index (κ2) is 4.84. The van der Waals surface area contributed by atoms with Crippen molar-refractivity contribution in [3.05, 3.63) is 42.5 Å². The molecule has 86 valence electrons. The number of hydrogen-bond acceptors (Lipinski definition) is 3. The van der Waals surface area contributed by atoms with E-state index in [-0.39, 0.29) is 0 Å². The number of carbonyl (C=O) groups is 1. The van der Waals surface area contributed by atoms with E-state index in [9.17, 15) is 4.79 Å². The van der Waals surface area contributed by atoms with Crippen molar-refractivity contribution in [1.29, 1.82) is 0 Å². The number of hydrogen-bond donors (Lipinski definition) is 0. The first-order chi connectivity index (χ1) is 7.41. The number of para-hydroxylation sites is 1. The van der Waals surface area contributed by atoms with Crippen molar-refractivity contribution in [3.8, 4) is 5.75 Å². The van der Waals surface area contributed by atoms with Crippen LogP contribution in [0, 0.1) is 0 Å². The van der Waals surface area contributed by atoms with E-state index in [0.717, 1.165) is 0 Å². The van der Waals surface area contributed by atoms with E-state index in [0.29, 0.717) is 11.3 Å². The molecule has 0 aromatic heterocycles. The van der Waals surface area contributed by atoms with Gasteiger partial charge < -0.3 is 9.47 Å². The molecule has 0 radical (unpaired) electrons. The van der Waals surface area contributed by atoms with E-state index in [2.05, 4.69) is 6.58 Å². The van der Waals surface area contributed by atoms with Crippen molar-refractivity contribution < 1.29 is 14.3 Å². The summed E-state index contributed by atoms with van der Waals surface area (Å²) in [6.45, 7) is 8.48. The fourth-order valence-corrected chi connectivity index (χ4v) is 1.10. The molecule has 0 aliphatic carbocycles. The molecule has 0 aliphatic rings. The minimum Gasteiger partial charge on any atom is -0.453 e. The summed E-state index contributed by atoms with van der Waals surface area (Å²) in [6.07, 6.45) is 0. The molecule has 0 unspecified atom stereocenters. The topological polar surface area (TPSA) is 35.5 Å². The molecule has 1 aromatic carbocycles. The predicted octanol–water partition coefficient (Wildman–Crippen LogP) is 2.92. The Balaban J connectivity index is 2.65. The fraction of sp³-hybridized carbons (Fsp3) is 0.308. The third kappa shape index (κ3) is 3.77. The normalized spacial score (nSPS) is 10.7. The van der Waals surface area contributed by atoms with Crippen molar-refractivity contribution in [1.82, 2.24) is 0 Å². The van der Waals surface area contributed by atoms with Crippen molar-refractivity contribution >= 4 is 5.97 Å². The fourth-order valence-electron chi connectivity index (χ4n) is 1.10. The standard InChI is InChI=1S/C13H16O3/c1-10(2)12(14)16-13(3,4)15-11-8-6-5-7-9-11/h5-9H,1H2,2-4H3. The molecule has 0 spiro atoms. The molecule has 0 atom stereocenters. The van der Waals surface area contributed by atoms with Gasteiger partial charge in [-0.05, 0) is 19.1 Å². The average molecular weight is 220 g/mol. The Hall–Kier alpha value is -1.77. The van der Waals surface area contributed by atoms with Crippen LogP contribution in [0.4, 0.5) is 0 Å². The van der Waals surface area contributed by atoms with E-state index in [1.54, 1.807) is 32.9 Å². The summed E-state index contributed by atoms with van der Waals surface area (Å²) >= 11 is 0. The molecule has 1 aromatic rings. The van der Waals surface area contributed by atoms with Gasteiger partial charge in [-0.1, -0.05) is 24.8 Å². The smallest absolute Gasteiger partial charge is 0.336 e. The summed E-state index contributed by atoms with van der Waals surface area (Å²) < 4.78 is 10.7. The minimum atomic E-state index is -1.00. The van der Waals surface area contributed by atoms with Crippen LogP contribution in [0.5, 0.6) is 5.75 Å². The van der Waals surface area contributed by atoms with Crippen LogP contribution in [0.2, 0.25) is 0 Å². The Bertz CT molecular complexity index is 379. The SMILES string of the molecule is C=C(C)C(=O)OC(C)(C)Oc1ccccc1. The van der Waals surface area contributed by atoms with E-state index in [4.69, 9.17) is 9.47 Å². The van der Waals surface area contributed by atoms with Crippen molar-refractivity contribution in [3.63, 3.8) is 0 Å². The van der Waals surface area contributed by atoms with Crippen molar-refractivity contribution in [2.24, 2.45) is 0 Å². The molecule has 0 N–H and O–H groups in total. The Labute approximate surface area is 95.7 Å².